The number of aliphatic hydroxyl groups is 1. The minimum Gasteiger partial charge on any atom is -0.489 e. The van der Waals surface area contributed by atoms with E-state index in [1.807, 2.05) is 6.92 Å². The first-order chi connectivity index (χ1) is 16.0. The van der Waals surface area contributed by atoms with Crippen LogP contribution < -0.4 is 4.74 Å². The van der Waals surface area contributed by atoms with Crippen molar-refractivity contribution in [2.45, 2.75) is 63.1 Å². The molecule has 9 heteroatoms. The highest BCUT2D eigenvalue weighted by molar-refractivity contribution is 5.95. The van der Waals surface area contributed by atoms with Gasteiger partial charge in [0.2, 0.25) is 0 Å². The fraction of sp³-hybridized carbons (Fsp3) is 0.480. The van der Waals surface area contributed by atoms with Crippen LogP contribution in [-0.4, -0.2) is 60.1 Å². The molecule has 34 heavy (non-hydrogen) atoms. The van der Waals surface area contributed by atoms with E-state index < -0.39 is 35.0 Å². The summed E-state index contributed by atoms with van der Waals surface area (Å²) in [6.07, 6.45) is 2.12. The third-order valence-electron chi connectivity index (χ3n) is 6.57. The van der Waals surface area contributed by atoms with Gasteiger partial charge in [-0.05, 0) is 38.5 Å². The molecule has 0 unspecified atom stereocenters. The minimum atomic E-state index is -1.58. The topological polar surface area (TPSA) is 118 Å². The van der Waals surface area contributed by atoms with Gasteiger partial charge in [-0.1, -0.05) is 12.1 Å². The zero-order valence-corrected chi connectivity index (χ0v) is 19.6. The molecule has 1 aromatic carbocycles. The van der Waals surface area contributed by atoms with E-state index in [0.717, 1.165) is 0 Å². The number of methoxy groups -OCH3 is 1. The molecular weight excluding hydrogens is 444 g/mol. The number of rotatable bonds is 6. The molecule has 1 aromatic rings. The van der Waals surface area contributed by atoms with Gasteiger partial charge in [-0.2, -0.15) is 0 Å². The third kappa shape index (κ3) is 4.26. The van der Waals surface area contributed by atoms with Gasteiger partial charge in [0.05, 0.1) is 11.2 Å². The van der Waals surface area contributed by atoms with Crippen molar-refractivity contribution in [1.29, 1.82) is 0 Å². The van der Waals surface area contributed by atoms with E-state index in [4.69, 9.17) is 23.7 Å². The summed E-state index contributed by atoms with van der Waals surface area (Å²) in [5.74, 6) is -2.00. The van der Waals surface area contributed by atoms with Crippen LogP contribution >= 0.6 is 0 Å². The molecule has 4 rings (SSSR count). The van der Waals surface area contributed by atoms with Gasteiger partial charge in [0.25, 0.3) is 0 Å². The summed E-state index contributed by atoms with van der Waals surface area (Å²) < 4.78 is 28.9. The summed E-state index contributed by atoms with van der Waals surface area (Å²) in [6.45, 7) is 4.43. The van der Waals surface area contributed by atoms with Gasteiger partial charge >= 0.3 is 11.9 Å². The van der Waals surface area contributed by atoms with Gasteiger partial charge in [0, 0.05) is 38.0 Å². The van der Waals surface area contributed by atoms with Crippen molar-refractivity contribution >= 4 is 18.2 Å². The molecule has 1 fully saturated rings. The quantitative estimate of drug-likeness (QED) is 0.492. The van der Waals surface area contributed by atoms with Crippen molar-refractivity contribution in [1.82, 2.24) is 0 Å². The van der Waals surface area contributed by atoms with Gasteiger partial charge in [-0.15, -0.1) is 0 Å². The second kappa shape index (κ2) is 8.65. The highest BCUT2D eigenvalue weighted by Crippen LogP contribution is 2.50. The molecule has 182 valence electrons. The molecule has 1 N–H and O–H groups in total. The molecular formula is C25H28O9. The number of benzene rings is 1. The van der Waals surface area contributed by atoms with Crippen molar-refractivity contribution in [2.75, 3.05) is 13.7 Å². The highest BCUT2D eigenvalue weighted by Gasteiger charge is 2.60. The molecule has 0 saturated carbocycles. The average molecular weight is 472 g/mol. The first-order valence-electron chi connectivity index (χ1n) is 11.0. The van der Waals surface area contributed by atoms with Crippen LogP contribution in [-0.2, 0) is 28.5 Å². The Hall–Kier alpha value is -3.01. The summed E-state index contributed by atoms with van der Waals surface area (Å²) in [7, 11) is 1.46. The van der Waals surface area contributed by atoms with Crippen molar-refractivity contribution < 1.29 is 43.2 Å². The Morgan fingerprint density at radius 1 is 1.29 bits per heavy atom. The second-order valence-electron chi connectivity index (χ2n) is 9.22. The van der Waals surface area contributed by atoms with E-state index >= 15 is 0 Å². The minimum absolute atomic E-state index is 0.107. The molecule has 0 amide bonds. The number of fused-ring (bicyclic) bond motifs is 3. The largest absolute Gasteiger partial charge is 0.489 e. The molecule has 3 aliphatic rings. The molecule has 0 aromatic heterocycles. The zero-order chi connectivity index (χ0) is 24.7. The summed E-state index contributed by atoms with van der Waals surface area (Å²) in [4.78, 5) is 36.0. The molecule has 9 nitrogen and oxygen atoms in total. The van der Waals surface area contributed by atoms with Gasteiger partial charge in [-0.25, -0.2) is 4.79 Å². The van der Waals surface area contributed by atoms with Crippen molar-refractivity contribution in [3.8, 4) is 5.75 Å². The van der Waals surface area contributed by atoms with Crippen LogP contribution in [0.1, 0.15) is 50.4 Å². The summed E-state index contributed by atoms with van der Waals surface area (Å²) in [6, 6.07) is 6.49. The van der Waals surface area contributed by atoms with E-state index in [2.05, 4.69) is 0 Å². The molecule has 2 bridgehead atoms. The summed E-state index contributed by atoms with van der Waals surface area (Å²) in [5.41, 5.74) is -1.59. The van der Waals surface area contributed by atoms with E-state index in [1.54, 1.807) is 37.3 Å². The van der Waals surface area contributed by atoms with E-state index in [9.17, 15) is 19.5 Å². The maximum atomic E-state index is 12.9. The summed E-state index contributed by atoms with van der Waals surface area (Å²) >= 11 is 0. The first kappa shape index (κ1) is 24.1. The Morgan fingerprint density at radius 2 is 2.06 bits per heavy atom. The van der Waals surface area contributed by atoms with E-state index in [-0.39, 0.29) is 24.4 Å². The Morgan fingerprint density at radius 3 is 2.74 bits per heavy atom. The number of carbonyl (C=O) groups is 3. The number of ether oxygens (including phenoxy) is 5. The Bertz CT molecular complexity index is 1090. The van der Waals surface area contributed by atoms with Gasteiger partial charge in [-0.3, -0.25) is 9.59 Å². The number of hydrogen-bond donors (Lipinski definition) is 1. The van der Waals surface area contributed by atoms with E-state index in [0.29, 0.717) is 36.0 Å². The number of aldehydes is 1. The van der Waals surface area contributed by atoms with Crippen LogP contribution in [0.3, 0.4) is 0 Å². The van der Waals surface area contributed by atoms with Gasteiger partial charge < -0.3 is 28.8 Å². The van der Waals surface area contributed by atoms with Crippen LogP contribution in [0.2, 0.25) is 0 Å². The molecule has 3 heterocycles. The Kier molecular flexibility index (Phi) is 6.14. The van der Waals surface area contributed by atoms with Crippen LogP contribution in [0.15, 0.2) is 47.2 Å². The number of hydrogen-bond acceptors (Lipinski definition) is 9. The lowest BCUT2D eigenvalue weighted by atomic mass is 9.82. The van der Waals surface area contributed by atoms with Crippen LogP contribution in [0.4, 0.5) is 0 Å². The fourth-order valence-electron chi connectivity index (χ4n) is 4.84. The standard InChI is InChI=1S/C25H28O9/c1-15(27)32-20-12-24(3,29)25(30-4)9-8-23(2,34-25)11-19-21(20)18(22(28)33-19)14-31-17-7-5-6-16(10-17)13-26/h5-7,10-11,13,20,29H,8-9,12,14H2,1-4H3/b19-11+/t20-,23-,24+,25+/m1/s1. The Balaban J connectivity index is 1.79. The predicted octanol–water partition coefficient (Wildman–Crippen LogP) is 2.61. The summed E-state index contributed by atoms with van der Waals surface area (Å²) in [5, 5.41) is 11.5. The second-order valence-corrected chi connectivity index (χ2v) is 9.22. The molecule has 4 atom stereocenters. The Labute approximate surface area is 197 Å². The predicted molar refractivity (Wildman–Crippen MR) is 118 cm³/mol. The molecule has 1 saturated heterocycles. The van der Waals surface area contributed by atoms with Crippen molar-refractivity contribution in [3.05, 3.63) is 52.8 Å². The lowest BCUT2D eigenvalue weighted by Gasteiger charge is -2.42. The fourth-order valence-corrected chi connectivity index (χ4v) is 4.84. The molecule has 0 spiro atoms. The molecule has 0 radical (unpaired) electrons. The van der Waals surface area contributed by atoms with Crippen LogP contribution in [0.25, 0.3) is 0 Å². The van der Waals surface area contributed by atoms with E-state index in [1.165, 1.54) is 14.0 Å². The van der Waals surface area contributed by atoms with Crippen LogP contribution in [0.5, 0.6) is 5.75 Å². The SMILES string of the molecule is CO[C@]12CC[C@](C)(/C=C3/OC(=O)C(COc4cccc(C=O)c4)=C3[C@H](OC(C)=O)C[C@]1(C)O)O2. The molecule has 3 aliphatic heterocycles. The lowest BCUT2D eigenvalue weighted by Crippen LogP contribution is -2.56. The number of carbonyl (C=O) groups excluding carboxylic acids is 3. The lowest BCUT2D eigenvalue weighted by molar-refractivity contribution is -0.310. The zero-order valence-electron chi connectivity index (χ0n) is 19.6. The van der Waals surface area contributed by atoms with Crippen molar-refractivity contribution in [2.24, 2.45) is 0 Å². The number of esters is 2. The molecule has 0 aliphatic carbocycles. The van der Waals surface area contributed by atoms with Gasteiger partial charge in [0.15, 0.2) is 5.79 Å². The maximum Gasteiger partial charge on any atom is 0.343 e. The average Bonchev–Trinajstić information content (AvgIpc) is 3.28. The normalized spacial score (nSPS) is 34.2. The monoisotopic (exact) mass is 472 g/mol. The van der Waals surface area contributed by atoms with Gasteiger partial charge in [0.1, 0.15) is 36.1 Å². The smallest absolute Gasteiger partial charge is 0.343 e. The van der Waals surface area contributed by atoms with Crippen LogP contribution in [0, 0.1) is 0 Å². The highest BCUT2D eigenvalue weighted by atomic mass is 16.7. The first-order valence-corrected chi connectivity index (χ1v) is 11.0. The third-order valence-corrected chi connectivity index (χ3v) is 6.57. The van der Waals surface area contributed by atoms with Crippen molar-refractivity contribution in [3.63, 3.8) is 0 Å². The maximum absolute atomic E-state index is 12.9.